The smallest absolute Gasteiger partial charge is 0.337 e. The van der Waals surface area contributed by atoms with Crippen molar-refractivity contribution in [2.45, 2.75) is 6.92 Å². The first-order valence-corrected chi connectivity index (χ1v) is 4.41. The van der Waals surface area contributed by atoms with Gasteiger partial charge in [-0.2, -0.15) is 0 Å². The van der Waals surface area contributed by atoms with Gasteiger partial charge in [0.05, 0.1) is 16.9 Å². The van der Waals surface area contributed by atoms with Gasteiger partial charge in [-0.15, -0.1) is 0 Å². The lowest BCUT2D eigenvalue weighted by atomic mass is 10.1. The highest BCUT2D eigenvalue weighted by Crippen LogP contribution is 2.27. The zero-order valence-electron chi connectivity index (χ0n) is 8.10. The van der Waals surface area contributed by atoms with Crippen molar-refractivity contribution in [1.29, 1.82) is 0 Å². The largest absolute Gasteiger partial charge is 0.478 e. The lowest BCUT2D eigenvalue weighted by molar-refractivity contribution is 0.0695. The van der Waals surface area contributed by atoms with E-state index in [1.165, 1.54) is 17.7 Å². The molecule has 1 aliphatic heterocycles. The van der Waals surface area contributed by atoms with Crippen molar-refractivity contribution < 1.29 is 14.7 Å². The number of hydrogen-bond acceptors (Lipinski definition) is 3. The van der Waals surface area contributed by atoms with Crippen molar-refractivity contribution in [3.8, 4) is 0 Å². The van der Waals surface area contributed by atoms with Gasteiger partial charge in [0, 0.05) is 6.08 Å². The van der Waals surface area contributed by atoms with Crippen LogP contribution in [0.2, 0.25) is 0 Å². The predicted octanol–water partition coefficient (Wildman–Crippen LogP) is 2.01. The third-order valence-corrected chi connectivity index (χ3v) is 2.08. The number of carboxylic acids is 1. The SMILES string of the molecule is CC1=[C][CH]ON1c1ccccc1C(=O)O. The van der Waals surface area contributed by atoms with Crippen LogP contribution in [-0.2, 0) is 4.84 Å². The van der Waals surface area contributed by atoms with E-state index in [0.29, 0.717) is 5.69 Å². The minimum Gasteiger partial charge on any atom is -0.478 e. The number of rotatable bonds is 2. The lowest BCUT2D eigenvalue weighted by Crippen LogP contribution is -2.18. The van der Waals surface area contributed by atoms with E-state index in [0.717, 1.165) is 5.70 Å². The normalized spacial score (nSPS) is 15.3. The Morgan fingerprint density at radius 1 is 1.47 bits per heavy atom. The van der Waals surface area contributed by atoms with Gasteiger partial charge in [0.15, 0.2) is 0 Å². The first-order chi connectivity index (χ1) is 7.20. The Morgan fingerprint density at radius 3 is 2.80 bits per heavy atom. The van der Waals surface area contributed by atoms with Crippen molar-refractivity contribution in [1.82, 2.24) is 0 Å². The summed E-state index contributed by atoms with van der Waals surface area (Å²) in [6.45, 7) is 3.19. The minimum atomic E-state index is -0.978. The average Bonchev–Trinajstić information content (AvgIpc) is 2.64. The van der Waals surface area contributed by atoms with Crippen LogP contribution in [0.5, 0.6) is 0 Å². The quantitative estimate of drug-likeness (QED) is 0.798. The second kappa shape index (κ2) is 3.74. The topological polar surface area (TPSA) is 49.8 Å². The maximum atomic E-state index is 11.0. The van der Waals surface area contributed by atoms with Gasteiger partial charge in [0.2, 0.25) is 0 Å². The molecule has 1 aliphatic rings. The highest BCUT2D eigenvalue weighted by molar-refractivity contribution is 5.94. The summed E-state index contributed by atoms with van der Waals surface area (Å²) in [5.41, 5.74) is 1.43. The number of allylic oxidation sites excluding steroid dienone is 1. The highest BCUT2D eigenvalue weighted by atomic mass is 16.7. The fourth-order valence-corrected chi connectivity index (χ4v) is 1.37. The van der Waals surface area contributed by atoms with Crippen LogP contribution in [0.25, 0.3) is 0 Å². The second-order valence-electron chi connectivity index (χ2n) is 3.07. The summed E-state index contributed by atoms with van der Waals surface area (Å²) in [5, 5.41) is 10.4. The molecule has 4 heteroatoms. The van der Waals surface area contributed by atoms with E-state index in [2.05, 4.69) is 6.08 Å². The summed E-state index contributed by atoms with van der Waals surface area (Å²) < 4.78 is 0. The van der Waals surface area contributed by atoms with Crippen LogP contribution in [0.15, 0.2) is 30.0 Å². The number of carboxylic acid groups (broad SMARTS) is 1. The van der Waals surface area contributed by atoms with E-state index >= 15 is 0 Å². The summed E-state index contributed by atoms with van der Waals surface area (Å²) in [7, 11) is 0. The van der Waals surface area contributed by atoms with E-state index < -0.39 is 5.97 Å². The van der Waals surface area contributed by atoms with E-state index in [4.69, 9.17) is 9.94 Å². The molecule has 0 bridgehead atoms. The van der Waals surface area contributed by atoms with Crippen LogP contribution in [0, 0.1) is 12.7 Å². The van der Waals surface area contributed by atoms with Crippen molar-refractivity contribution in [3.05, 3.63) is 48.2 Å². The average molecular weight is 203 g/mol. The number of hydroxylamine groups is 1. The number of nitrogens with zero attached hydrogens (tertiary/aromatic N) is 1. The molecule has 0 saturated carbocycles. The molecule has 1 aromatic rings. The number of anilines is 1. The van der Waals surface area contributed by atoms with Gasteiger partial charge in [-0.3, -0.25) is 4.84 Å². The van der Waals surface area contributed by atoms with Crippen molar-refractivity contribution >= 4 is 11.7 Å². The predicted molar refractivity (Wildman–Crippen MR) is 53.7 cm³/mol. The first-order valence-electron chi connectivity index (χ1n) is 4.41. The van der Waals surface area contributed by atoms with Crippen LogP contribution < -0.4 is 5.06 Å². The number of aromatic carboxylic acids is 1. The van der Waals surface area contributed by atoms with Crippen LogP contribution in [0.4, 0.5) is 5.69 Å². The van der Waals surface area contributed by atoms with Crippen LogP contribution in [-0.4, -0.2) is 11.1 Å². The number of benzene rings is 1. The Kier molecular flexibility index (Phi) is 2.43. The second-order valence-corrected chi connectivity index (χ2v) is 3.07. The van der Waals surface area contributed by atoms with Crippen LogP contribution >= 0.6 is 0 Å². The summed E-state index contributed by atoms with van der Waals surface area (Å²) in [6, 6.07) is 6.66. The van der Waals surface area contributed by atoms with E-state index in [1.54, 1.807) is 25.1 Å². The molecule has 1 heterocycles. The Balaban J connectivity index is 2.43. The van der Waals surface area contributed by atoms with Crippen molar-refractivity contribution in [3.63, 3.8) is 0 Å². The van der Waals surface area contributed by atoms with Gasteiger partial charge in [-0.05, 0) is 19.1 Å². The molecule has 0 saturated heterocycles. The Bertz CT molecular complexity index is 426. The molecule has 0 atom stereocenters. The fraction of sp³-hybridized carbons (Fsp3) is 0.0909. The standard InChI is InChI=1S/C11H9NO3/c1-8-6-7-15-12(8)10-5-3-2-4-9(10)11(13)14/h2-5,7H,1H3,(H,13,14). The Morgan fingerprint density at radius 2 is 2.20 bits per heavy atom. The lowest BCUT2D eigenvalue weighted by Gasteiger charge is -2.19. The Hall–Kier alpha value is -1.81. The molecular formula is C11H9NO3. The zero-order chi connectivity index (χ0) is 10.8. The van der Waals surface area contributed by atoms with Gasteiger partial charge in [-0.1, -0.05) is 12.1 Å². The van der Waals surface area contributed by atoms with Crippen molar-refractivity contribution in [2.75, 3.05) is 5.06 Å². The molecule has 15 heavy (non-hydrogen) atoms. The number of para-hydroxylation sites is 1. The van der Waals surface area contributed by atoms with Gasteiger partial charge in [0.1, 0.15) is 6.61 Å². The first kappa shape index (κ1) is 9.73. The molecule has 4 nitrogen and oxygen atoms in total. The van der Waals surface area contributed by atoms with E-state index in [-0.39, 0.29) is 5.56 Å². The van der Waals surface area contributed by atoms with Crippen molar-refractivity contribution in [2.24, 2.45) is 0 Å². The molecule has 2 radical (unpaired) electrons. The van der Waals surface area contributed by atoms with Gasteiger partial charge < -0.3 is 5.11 Å². The summed E-state index contributed by atoms with van der Waals surface area (Å²) in [4.78, 5) is 16.1. The minimum absolute atomic E-state index is 0.203. The summed E-state index contributed by atoms with van der Waals surface area (Å²) >= 11 is 0. The van der Waals surface area contributed by atoms with E-state index in [9.17, 15) is 4.79 Å². The number of hydrogen-bond donors (Lipinski definition) is 1. The van der Waals surface area contributed by atoms with Gasteiger partial charge in [0.25, 0.3) is 0 Å². The molecule has 0 unspecified atom stereocenters. The molecule has 0 spiro atoms. The molecular weight excluding hydrogens is 194 g/mol. The molecule has 1 aromatic carbocycles. The Labute approximate surface area is 87.3 Å². The maximum Gasteiger partial charge on any atom is 0.337 e. The molecule has 2 rings (SSSR count). The molecule has 0 amide bonds. The highest BCUT2D eigenvalue weighted by Gasteiger charge is 2.20. The maximum absolute atomic E-state index is 11.0. The summed E-state index contributed by atoms with van der Waals surface area (Å²) in [6.07, 6.45) is 2.84. The van der Waals surface area contributed by atoms with Crippen LogP contribution in [0.3, 0.4) is 0 Å². The third kappa shape index (κ3) is 1.71. The monoisotopic (exact) mass is 203 g/mol. The van der Waals surface area contributed by atoms with Gasteiger partial charge in [-0.25, -0.2) is 9.86 Å². The van der Waals surface area contributed by atoms with E-state index in [1.807, 2.05) is 0 Å². The third-order valence-electron chi connectivity index (χ3n) is 2.08. The number of carbonyl (C=O) groups is 1. The fourth-order valence-electron chi connectivity index (χ4n) is 1.37. The molecule has 0 aromatic heterocycles. The molecule has 0 aliphatic carbocycles. The summed E-state index contributed by atoms with van der Waals surface area (Å²) in [5.74, 6) is -0.978. The molecule has 1 N–H and O–H groups in total. The molecule has 0 fully saturated rings. The molecule has 76 valence electrons. The van der Waals surface area contributed by atoms with Gasteiger partial charge >= 0.3 is 5.97 Å². The zero-order valence-corrected chi connectivity index (χ0v) is 8.10. The van der Waals surface area contributed by atoms with Crippen LogP contribution in [0.1, 0.15) is 17.3 Å².